The lowest BCUT2D eigenvalue weighted by atomic mass is 10.1. The van der Waals surface area contributed by atoms with Crippen LogP contribution in [0.15, 0.2) is 54.7 Å². The van der Waals surface area contributed by atoms with Gasteiger partial charge < -0.3 is 15.0 Å². The van der Waals surface area contributed by atoms with E-state index in [4.69, 9.17) is 4.74 Å². The number of rotatable bonds is 4. The third-order valence-electron chi connectivity index (χ3n) is 3.40. The minimum absolute atomic E-state index is 0.161. The summed E-state index contributed by atoms with van der Waals surface area (Å²) in [4.78, 5) is 3.20. The first kappa shape index (κ1) is 14.5. The molecule has 0 saturated heterocycles. The van der Waals surface area contributed by atoms with Crippen LogP contribution >= 0.6 is 0 Å². The van der Waals surface area contributed by atoms with Gasteiger partial charge >= 0.3 is 0 Å². The first-order chi connectivity index (χ1) is 10.5. The Kier molecular flexibility index (Phi) is 3.80. The van der Waals surface area contributed by atoms with Crippen molar-refractivity contribution in [1.82, 2.24) is 4.98 Å². The Morgan fingerprint density at radius 1 is 1.00 bits per heavy atom. The first-order valence-electron chi connectivity index (χ1n) is 7.59. The van der Waals surface area contributed by atoms with Crippen molar-refractivity contribution in [3.63, 3.8) is 0 Å². The SMILES string of the molecule is CC(C)(C)Oc1ccc(CNc2ccc3[nH]ccc3c2)cc1. The summed E-state index contributed by atoms with van der Waals surface area (Å²) >= 11 is 0. The first-order valence-corrected chi connectivity index (χ1v) is 7.59. The highest BCUT2D eigenvalue weighted by Gasteiger charge is 2.11. The van der Waals surface area contributed by atoms with E-state index >= 15 is 0 Å². The molecule has 3 rings (SSSR count). The van der Waals surface area contributed by atoms with Gasteiger partial charge in [-0.05, 0) is 62.7 Å². The summed E-state index contributed by atoms with van der Waals surface area (Å²) in [5.74, 6) is 0.907. The average molecular weight is 294 g/mol. The number of fused-ring (bicyclic) bond motifs is 1. The Hall–Kier alpha value is -2.42. The van der Waals surface area contributed by atoms with E-state index < -0.39 is 0 Å². The zero-order chi connectivity index (χ0) is 15.6. The van der Waals surface area contributed by atoms with E-state index in [-0.39, 0.29) is 5.60 Å². The van der Waals surface area contributed by atoms with Crippen LogP contribution in [0.4, 0.5) is 5.69 Å². The zero-order valence-corrected chi connectivity index (χ0v) is 13.3. The summed E-state index contributed by atoms with van der Waals surface area (Å²) in [5, 5.41) is 4.68. The number of hydrogen-bond acceptors (Lipinski definition) is 2. The van der Waals surface area contributed by atoms with Gasteiger partial charge in [-0.2, -0.15) is 0 Å². The fraction of sp³-hybridized carbons (Fsp3) is 0.263. The van der Waals surface area contributed by atoms with Crippen LogP contribution in [0.3, 0.4) is 0 Å². The maximum Gasteiger partial charge on any atom is 0.120 e. The number of benzene rings is 2. The number of aromatic nitrogens is 1. The van der Waals surface area contributed by atoms with Crippen LogP contribution in [0, 0.1) is 0 Å². The molecule has 0 amide bonds. The smallest absolute Gasteiger partial charge is 0.120 e. The highest BCUT2D eigenvalue weighted by atomic mass is 16.5. The normalized spacial score (nSPS) is 11.6. The van der Waals surface area contributed by atoms with Crippen LogP contribution in [0.1, 0.15) is 26.3 Å². The van der Waals surface area contributed by atoms with E-state index in [0.717, 1.165) is 23.5 Å². The molecule has 0 bridgehead atoms. The van der Waals surface area contributed by atoms with Gasteiger partial charge in [-0.1, -0.05) is 12.1 Å². The van der Waals surface area contributed by atoms with Gasteiger partial charge in [-0.15, -0.1) is 0 Å². The van der Waals surface area contributed by atoms with Crippen LogP contribution < -0.4 is 10.1 Å². The average Bonchev–Trinajstić information content (AvgIpc) is 2.92. The molecule has 3 aromatic rings. The van der Waals surface area contributed by atoms with Crippen molar-refractivity contribution in [2.75, 3.05) is 5.32 Å². The number of nitrogens with one attached hydrogen (secondary N) is 2. The molecule has 22 heavy (non-hydrogen) atoms. The Balaban J connectivity index is 1.63. The molecule has 0 radical (unpaired) electrons. The van der Waals surface area contributed by atoms with Crippen LogP contribution in [0.25, 0.3) is 10.9 Å². The van der Waals surface area contributed by atoms with Gasteiger partial charge in [0.1, 0.15) is 11.4 Å². The summed E-state index contributed by atoms with van der Waals surface area (Å²) in [7, 11) is 0. The van der Waals surface area contributed by atoms with Gasteiger partial charge in [-0.3, -0.25) is 0 Å². The topological polar surface area (TPSA) is 37.0 Å². The fourth-order valence-corrected chi connectivity index (χ4v) is 2.40. The number of H-pyrrole nitrogens is 1. The number of hydrogen-bond donors (Lipinski definition) is 2. The maximum absolute atomic E-state index is 5.83. The van der Waals surface area contributed by atoms with E-state index in [1.165, 1.54) is 10.9 Å². The molecule has 0 atom stereocenters. The van der Waals surface area contributed by atoms with Gasteiger partial charge in [0.15, 0.2) is 0 Å². The molecule has 0 fully saturated rings. The van der Waals surface area contributed by atoms with Crippen LogP contribution in [0.5, 0.6) is 5.75 Å². The highest BCUT2D eigenvalue weighted by molar-refractivity contribution is 5.82. The minimum Gasteiger partial charge on any atom is -0.488 e. The summed E-state index contributed by atoms with van der Waals surface area (Å²) < 4.78 is 5.83. The monoisotopic (exact) mass is 294 g/mol. The Bertz CT molecular complexity index is 751. The molecule has 3 heteroatoms. The molecule has 0 spiro atoms. The molecule has 1 heterocycles. The predicted octanol–water partition coefficient (Wildman–Crippen LogP) is 4.96. The van der Waals surface area contributed by atoms with Gasteiger partial charge in [0.2, 0.25) is 0 Å². The molecule has 0 aliphatic rings. The second-order valence-corrected chi connectivity index (χ2v) is 6.49. The second-order valence-electron chi connectivity index (χ2n) is 6.49. The van der Waals surface area contributed by atoms with Crippen molar-refractivity contribution >= 4 is 16.6 Å². The molecule has 0 unspecified atom stereocenters. The van der Waals surface area contributed by atoms with Crippen molar-refractivity contribution in [3.8, 4) is 5.75 Å². The number of ether oxygens (including phenoxy) is 1. The van der Waals surface area contributed by atoms with Crippen LogP contribution in [-0.4, -0.2) is 10.6 Å². The van der Waals surface area contributed by atoms with E-state index in [1.54, 1.807) is 0 Å². The van der Waals surface area contributed by atoms with E-state index in [1.807, 2.05) is 18.3 Å². The molecule has 0 aliphatic carbocycles. The quantitative estimate of drug-likeness (QED) is 0.713. The van der Waals surface area contributed by atoms with Gasteiger partial charge in [0.25, 0.3) is 0 Å². The lowest BCUT2D eigenvalue weighted by Gasteiger charge is -2.21. The number of anilines is 1. The van der Waals surface area contributed by atoms with Crippen molar-refractivity contribution in [3.05, 3.63) is 60.3 Å². The molecule has 0 aliphatic heterocycles. The maximum atomic E-state index is 5.83. The standard InChI is InChI=1S/C19H22N2O/c1-19(2,3)22-17-7-4-14(5-8-17)13-21-16-6-9-18-15(12-16)10-11-20-18/h4-12,20-21H,13H2,1-3H3. The summed E-state index contributed by atoms with van der Waals surface area (Å²) in [6.45, 7) is 6.96. The summed E-state index contributed by atoms with van der Waals surface area (Å²) in [6.07, 6.45) is 1.96. The van der Waals surface area contributed by atoms with Crippen molar-refractivity contribution in [2.24, 2.45) is 0 Å². The molecule has 2 N–H and O–H groups in total. The minimum atomic E-state index is -0.161. The Morgan fingerprint density at radius 2 is 1.77 bits per heavy atom. The molecular formula is C19H22N2O. The molecule has 114 valence electrons. The Morgan fingerprint density at radius 3 is 2.50 bits per heavy atom. The lowest BCUT2D eigenvalue weighted by Crippen LogP contribution is -2.22. The molecule has 0 saturated carbocycles. The van der Waals surface area contributed by atoms with Crippen LogP contribution in [-0.2, 0) is 6.54 Å². The van der Waals surface area contributed by atoms with Crippen LogP contribution in [0.2, 0.25) is 0 Å². The molecule has 1 aromatic heterocycles. The van der Waals surface area contributed by atoms with Gasteiger partial charge in [0.05, 0.1) is 0 Å². The third-order valence-corrected chi connectivity index (χ3v) is 3.40. The lowest BCUT2D eigenvalue weighted by molar-refractivity contribution is 0.131. The third kappa shape index (κ3) is 3.61. The summed E-state index contributed by atoms with van der Waals surface area (Å²) in [6, 6.07) is 16.7. The van der Waals surface area contributed by atoms with Crippen molar-refractivity contribution in [2.45, 2.75) is 32.9 Å². The van der Waals surface area contributed by atoms with Crippen molar-refractivity contribution in [1.29, 1.82) is 0 Å². The molecule has 3 nitrogen and oxygen atoms in total. The van der Waals surface area contributed by atoms with Gasteiger partial charge in [0, 0.05) is 29.3 Å². The molecular weight excluding hydrogens is 272 g/mol. The van der Waals surface area contributed by atoms with E-state index in [0.29, 0.717) is 0 Å². The molecule has 2 aromatic carbocycles. The van der Waals surface area contributed by atoms with Crippen molar-refractivity contribution < 1.29 is 4.74 Å². The fourth-order valence-electron chi connectivity index (χ4n) is 2.40. The Labute approximate surface area is 131 Å². The second kappa shape index (κ2) is 5.76. The number of aromatic amines is 1. The largest absolute Gasteiger partial charge is 0.488 e. The van der Waals surface area contributed by atoms with E-state index in [2.05, 4.69) is 67.5 Å². The summed E-state index contributed by atoms with van der Waals surface area (Å²) in [5.41, 5.74) is 3.36. The van der Waals surface area contributed by atoms with Gasteiger partial charge in [-0.25, -0.2) is 0 Å². The zero-order valence-electron chi connectivity index (χ0n) is 13.3. The highest BCUT2D eigenvalue weighted by Crippen LogP contribution is 2.20. The van der Waals surface area contributed by atoms with E-state index in [9.17, 15) is 0 Å². The predicted molar refractivity (Wildman–Crippen MR) is 92.4 cm³/mol.